The first-order valence-corrected chi connectivity index (χ1v) is 6.23. The zero-order chi connectivity index (χ0) is 13.2. The van der Waals surface area contributed by atoms with Gasteiger partial charge in [-0.05, 0) is 11.5 Å². The van der Waals surface area contributed by atoms with Gasteiger partial charge in [-0.15, -0.1) is 0 Å². The minimum Gasteiger partial charge on any atom is -0.511 e. The Balaban J connectivity index is 2.02. The second kappa shape index (κ2) is 4.69. The maximum atomic E-state index is 11.6. The van der Waals surface area contributed by atoms with E-state index in [1.165, 1.54) is 6.21 Å². The summed E-state index contributed by atoms with van der Waals surface area (Å²) in [6.07, 6.45) is 2.28. The summed E-state index contributed by atoms with van der Waals surface area (Å²) >= 11 is 0. The Morgan fingerprint density at radius 1 is 1.05 bits per heavy atom. The van der Waals surface area contributed by atoms with E-state index in [0.29, 0.717) is 18.4 Å². The predicted molar refractivity (Wildman–Crippen MR) is 76.0 cm³/mol. The minimum absolute atomic E-state index is 0.0403. The Kier molecular flexibility index (Phi) is 2.88. The van der Waals surface area contributed by atoms with E-state index in [0.717, 1.165) is 16.5 Å². The van der Waals surface area contributed by atoms with Crippen LogP contribution in [0.2, 0.25) is 0 Å². The SMILES string of the molecule is O=C1CCC(O)=C1C=Nc1cccc2ccccc12. The van der Waals surface area contributed by atoms with Crippen molar-refractivity contribution in [2.75, 3.05) is 0 Å². The summed E-state index contributed by atoms with van der Waals surface area (Å²) in [6, 6.07) is 13.8. The van der Waals surface area contributed by atoms with E-state index in [-0.39, 0.29) is 11.5 Å². The van der Waals surface area contributed by atoms with E-state index in [4.69, 9.17) is 0 Å². The summed E-state index contributed by atoms with van der Waals surface area (Å²) in [5.74, 6) is 0.107. The van der Waals surface area contributed by atoms with Gasteiger partial charge in [-0.2, -0.15) is 0 Å². The number of allylic oxidation sites excluding steroid dienone is 2. The smallest absolute Gasteiger partial charge is 0.168 e. The first-order valence-electron chi connectivity index (χ1n) is 6.23. The molecule has 0 fully saturated rings. The molecule has 0 bridgehead atoms. The molecule has 0 aliphatic heterocycles. The maximum absolute atomic E-state index is 11.6. The molecular formula is C16H13NO2. The summed E-state index contributed by atoms with van der Waals surface area (Å²) in [6.45, 7) is 0. The lowest BCUT2D eigenvalue weighted by Crippen LogP contribution is -1.97. The van der Waals surface area contributed by atoms with Gasteiger partial charge in [-0.3, -0.25) is 9.79 Å². The van der Waals surface area contributed by atoms with Crippen molar-refractivity contribution in [3.8, 4) is 0 Å². The molecule has 0 amide bonds. The molecule has 0 saturated carbocycles. The van der Waals surface area contributed by atoms with Crippen molar-refractivity contribution < 1.29 is 9.90 Å². The van der Waals surface area contributed by atoms with Crippen molar-refractivity contribution in [2.24, 2.45) is 4.99 Å². The molecule has 0 aromatic heterocycles. The number of fused-ring (bicyclic) bond motifs is 1. The number of aliphatic hydroxyl groups excluding tert-OH is 1. The van der Waals surface area contributed by atoms with Gasteiger partial charge < -0.3 is 5.11 Å². The van der Waals surface area contributed by atoms with Crippen LogP contribution in [-0.2, 0) is 4.79 Å². The van der Waals surface area contributed by atoms with Crippen molar-refractivity contribution in [3.63, 3.8) is 0 Å². The highest BCUT2D eigenvalue weighted by atomic mass is 16.3. The fourth-order valence-electron chi connectivity index (χ4n) is 2.26. The molecule has 0 unspecified atom stereocenters. The van der Waals surface area contributed by atoms with E-state index in [2.05, 4.69) is 4.99 Å². The van der Waals surface area contributed by atoms with E-state index >= 15 is 0 Å². The molecule has 0 heterocycles. The molecular weight excluding hydrogens is 238 g/mol. The van der Waals surface area contributed by atoms with Crippen LogP contribution in [0.15, 0.2) is 58.8 Å². The van der Waals surface area contributed by atoms with Crippen LogP contribution < -0.4 is 0 Å². The van der Waals surface area contributed by atoms with Crippen LogP contribution in [0.25, 0.3) is 10.8 Å². The molecule has 3 heteroatoms. The number of carbonyl (C=O) groups excluding carboxylic acids is 1. The van der Waals surface area contributed by atoms with Gasteiger partial charge in [0.2, 0.25) is 0 Å². The Morgan fingerprint density at radius 2 is 1.84 bits per heavy atom. The third-order valence-corrected chi connectivity index (χ3v) is 3.30. The summed E-state index contributed by atoms with van der Waals surface area (Å²) in [4.78, 5) is 15.9. The Labute approximate surface area is 110 Å². The number of Topliss-reactive ketones (excluding diaryl/α,β-unsaturated/α-hetero) is 1. The predicted octanol–water partition coefficient (Wildman–Crippen LogP) is 3.72. The molecule has 3 nitrogen and oxygen atoms in total. The highest BCUT2D eigenvalue weighted by molar-refractivity contribution is 6.16. The standard InChI is InChI=1S/C16H13NO2/c18-15-8-9-16(19)13(15)10-17-14-7-3-5-11-4-1-2-6-12(11)14/h1-7,10,18H,8-9H2. The first kappa shape index (κ1) is 11.7. The number of hydrogen-bond donors (Lipinski definition) is 1. The van der Waals surface area contributed by atoms with Crippen molar-refractivity contribution in [3.05, 3.63) is 53.8 Å². The lowest BCUT2D eigenvalue weighted by molar-refractivity contribution is -0.114. The molecule has 1 aliphatic carbocycles. The van der Waals surface area contributed by atoms with Crippen molar-refractivity contribution in [2.45, 2.75) is 12.8 Å². The number of benzene rings is 2. The average Bonchev–Trinajstić information content (AvgIpc) is 2.76. The molecule has 1 aliphatic rings. The van der Waals surface area contributed by atoms with E-state index in [9.17, 15) is 9.90 Å². The largest absolute Gasteiger partial charge is 0.511 e. The highest BCUT2D eigenvalue weighted by Crippen LogP contribution is 2.26. The van der Waals surface area contributed by atoms with Crippen LogP contribution in [0, 0.1) is 0 Å². The van der Waals surface area contributed by atoms with Gasteiger partial charge >= 0.3 is 0 Å². The summed E-state index contributed by atoms with van der Waals surface area (Å²) in [5, 5.41) is 11.8. The number of ketones is 1. The number of rotatable bonds is 2. The lowest BCUT2D eigenvalue weighted by Gasteiger charge is -2.01. The van der Waals surface area contributed by atoms with E-state index in [1.54, 1.807) is 0 Å². The monoisotopic (exact) mass is 251 g/mol. The molecule has 0 atom stereocenters. The highest BCUT2D eigenvalue weighted by Gasteiger charge is 2.20. The van der Waals surface area contributed by atoms with E-state index in [1.807, 2.05) is 42.5 Å². The zero-order valence-corrected chi connectivity index (χ0v) is 10.3. The fraction of sp³-hybridized carbons (Fsp3) is 0.125. The molecule has 2 aromatic carbocycles. The Hall–Kier alpha value is -2.42. The number of nitrogens with zero attached hydrogens (tertiary/aromatic N) is 1. The van der Waals surface area contributed by atoms with Crippen LogP contribution >= 0.6 is 0 Å². The summed E-state index contributed by atoms with van der Waals surface area (Å²) < 4.78 is 0. The molecule has 0 radical (unpaired) electrons. The summed E-state index contributed by atoms with van der Waals surface area (Å²) in [7, 11) is 0. The number of aliphatic imine (C=N–C) groups is 1. The quantitative estimate of drug-likeness (QED) is 0.827. The average molecular weight is 251 g/mol. The van der Waals surface area contributed by atoms with Crippen molar-refractivity contribution in [1.82, 2.24) is 0 Å². The lowest BCUT2D eigenvalue weighted by atomic mass is 10.1. The van der Waals surface area contributed by atoms with Gasteiger partial charge in [0.05, 0.1) is 11.3 Å². The van der Waals surface area contributed by atoms with Gasteiger partial charge in [-0.1, -0.05) is 36.4 Å². The fourth-order valence-corrected chi connectivity index (χ4v) is 2.26. The van der Waals surface area contributed by atoms with Gasteiger partial charge in [0.25, 0.3) is 0 Å². The van der Waals surface area contributed by atoms with Crippen molar-refractivity contribution >= 4 is 28.5 Å². The summed E-state index contributed by atoms with van der Waals surface area (Å²) in [5.41, 5.74) is 1.14. The second-order valence-corrected chi connectivity index (χ2v) is 4.54. The first-order chi connectivity index (χ1) is 9.25. The Morgan fingerprint density at radius 3 is 2.63 bits per heavy atom. The van der Waals surface area contributed by atoms with Crippen LogP contribution in [0.5, 0.6) is 0 Å². The van der Waals surface area contributed by atoms with Gasteiger partial charge in [0.15, 0.2) is 5.78 Å². The van der Waals surface area contributed by atoms with Crippen LogP contribution in [0.4, 0.5) is 5.69 Å². The van der Waals surface area contributed by atoms with Crippen LogP contribution in [0.3, 0.4) is 0 Å². The topological polar surface area (TPSA) is 49.7 Å². The van der Waals surface area contributed by atoms with Crippen LogP contribution in [0.1, 0.15) is 12.8 Å². The normalized spacial score (nSPS) is 15.9. The number of aliphatic hydroxyl groups is 1. The van der Waals surface area contributed by atoms with Gasteiger partial charge in [0, 0.05) is 24.4 Å². The maximum Gasteiger partial charge on any atom is 0.168 e. The van der Waals surface area contributed by atoms with Gasteiger partial charge in [0.1, 0.15) is 5.76 Å². The third kappa shape index (κ3) is 2.15. The van der Waals surface area contributed by atoms with Gasteiger partial charge in [-0.25, -0.2) is 0 Å². The van der Waals surface area contributed by atoms with Crippen LogP contribution in [-0.4, -0.2) is 17.1 Å². The molecule has 2 aromatic rings. The van der Waals surface area contributed by atoms with Crippen molar-refractivity contribution in [1.29, 1.82) is 0 Å². The molecule has 0 spiro atoms. The molecule has 3 rings (SSSR count). The molecule has 94 valence electrons. The number of hydrogen-bond acceptors (Lipinski definition) is 3. The molecule has 19 heavy (non-hydrogen) atoms. The number of carbonyl (C=O) groups is 1. The minimum atomic E-state index is -0.0403. The zero-order valence-electron chi connectivity index (χ0n) is 10.3. The molecule has 1 N–H and O–H groups in total. The second-order valence-electron chi connectivity index (χ2n) is 4.54. The third-order valence-electron chi connectivity index (χ3n) is 3.30. The molecule has 0 saturated heterocycles. The van der Waals surface area contributed by atoms with E-state index < -0.39 is 0 Å². The Bertz CT molecular complexity index is 708.